The Morgan fingerprint density at radius 2 is 1.07 bits per heavy atom. The Hall–Kier alpha value is -4.26. The van der Waals surface area contributed by atoms with E-state index in [-0.39, 0.29) is 60.9 Å². The SMILES string of the molecule is C.COc1cc(Cl)c(-c2cnn(C)c2)cn1.COc1cc(Cl)c(Br)cn1.COc1cc(Cl)ccn1.C[O-].Clc1ccnc(Cl)c1.Cn1cc(-c2c[nH]c(=O)cc2Cl)cn1.Cn1cc(B2OC(C)(C)C(C)(C)O2)cn1.[Na+]. The molecular weight excluding hydrogens is 1170 g/mol. The summed E-state index contributed by atoms with van der Waals surface area (Å²) in [6.07, 6.45) is 18.9. The predicted octanol–water partition coefficient (Wildman–Crippen LogP) is 7.55. The van der Waals surface area contributed by atoms with Crippen LogP contribution in [0.2, 0.25) is 30.3 Å². The van der Waals surface area contributed by atoms with Gasteiger partial charge in [-0.3, -0.25) is 18.8 Å². The van der Waals surface area contributed by atoms with Crippen molar-refractivity contribution in [3.05, 3.63) is 156 Å². The Balaban J connectivity index is 0.000000451. The molecule has 398 valence electrons. The van der Waals surface area contributed by atoms with E-state index >= 15 is 0 Å². The van der Waals surface area contributed by atoms with Crippen LogP contribution in [0.4, 0.5) is 0 Å². The maximum absolute atomic E-state index is 10.9. The maximum Gasteiger partial charge on any atom is 1.00 e. The first-order valence-corrected chi connectivity index (χ1v) is 24.2. The molecule has 27 heteroatoms. The Morgan fingerprint density at radius 3 is 1.47 bits per heavy atom. The second-order valence-electron chi connectivity index (χ2n) is 15.6. The molecule has 0 unspecified atom stereocenters. The Morgan fingerprint density at radius 1 is 0.613 bits per heavy atom. The average Bonchev–Trinajstić information content (AvgIpc) is 4.15. The molecule has 0 saturated carbocycles. The molecule has 1 aliphatic heterocycles. The van der Waals surface area contributed by atoms with E-state index in [0.717, 1.165) is 39.3 Å². The number of nitrogens with one attached hydrogen (secondary N) is 1. The Kier molecular flexibility index (Phi) is 31.0. The fraction of sp³-hybridized carbons (Fsp3) is 0.292. The zero-order chi connectivity index (χ0) is 54.5. The van der Waals surface area contributed by atoms with Crippen molar-refractivity contribution in [3.63, 3.8) is 0 Å². The van der Waals surface area contributed by atoms with Crippen LogP contribution in [-0.4, -0.2) is 101 Å². The molecule has 0 amide bonds. The third-order valence-corrected chi connectivity index (χ3v) is 12.3. The fourth-order valence-electron chi connectivity index (χ4n) is 5.45. The van der Waals surface area contributed by atoms with E-state index in [1.807, 2.05) is 67.4 Å². The van der Waals surface area contributed by atoms with E-state index in [4.69, 9.17) is 98.2 Å². The van der Waals surface area contributed by atoms with Crippen molar-refractivity contribution in [1.29, 1.82) is 0 Å². The zero-order valence-corrected chi connectivity index (χ0v) is 50.6. The minimum atomic E-state index is -0.302. The van der Waals surface area contributed by atoms with Gasteiger partial charge in [-0.15, -0.1) is 0 Å². The van der Waals surface area contributed by atoms with Crippen molar-refractivity contribution in [2.45, 2.75) is 46.3 Å². The minimum absolute atomic E-state index is 0. The van der Waals surface area contributed by atoms with E-state index < -0.39 is 0 Å². The molecule has 0 aromatic carbocycles. The molecule has 1 aliphatic rings. The summed E-state index contributed by atoms with van der Waals surface area (Å²) >= 11 is 37.5. The minimum Gasteiger partial charge on any atom is -0.857 e. The number of methoxy groups -OCH3 is 3. The first-order valence-electron chi connectivity index (χ1n) is 21.1. The molecule has 75 heavy (non-hydrogen) atoms. The summed E-state index contributed by atoms with van der Waals surface area (Å²) in [7, 11) is 10.7. The van der Waals surface area contributed by atoms with Gasteiger partial charge in [0.05, 0.1) is 64.5 Å². The Labute approximate surface area is 497 Å². The molecule has 1 fully saturated rings. The van der Waals surface area contributed by atoms with E-state index in [0.29, 0.717) is 47.9 Å². The van der Waals surface area contributed by atoms with Gasteiger partial charge in [0.2, 0.25) is 23.2 Å². The molecular formula is C48H56BBrCl6N11NaO7. The number of halogens is 7. The van der Waals surface area contributed by atoms with Crippen LogP contribution in [0, 0.1) is 0 Å². The smallest absolute Gasteiger partial charge is 0.857 e. The van der Waals surface area contributed by atoms with Crippen LogP contribution < -0.4 is 59.9 Å². The number of aromatic amines is 1. The number of H-pyrrole nitrogens is 1. The van der Waals surface area contributed by atoms with E-state index in [9.17, 15) is 4.79 Å². The van der Waals surface area contributed by atoms with Crippen molar-refractivity contribution >= 4 is 98.1 Å². The predicted molar refractivity (Wildman–Crippen MR) is 297 cm³/mol. The molecule has 8 aromatic rings. The Bertz CT molecular complexity index is 2990. The number of aryl methyl sites for hydroxylation is 3. The molecule has 0 atom stereocenters. The standard InChI is InChI=1S/C10H17BN2O2.C10H10ClN3O.C9H8ClN3O.C6H5BrClNO.C6H6ClNO.C5H3Cl2N.CH3O.CH4.Na/c1-9(2)10(3,4)15-11(14-9)8-6-12-13(5)7-8;1-14-6-7(4-13-14)8-5-12-10(15-2)3-9(8)11;1-13-5-6(3-12-13)7-4-11-9(14)2-8(7)10;1-10-6-2-5(8)4(7)3-9-6;1-9-6-4-5(7)2-3-8-6;6-4-1-2-8-5(7)3-4;1-2;;/h6-7H,1-5H3;3-6H,1-2H3;2-5H,1H3,(H,11,14);2-3H,1H3;2-4H,1H3;1-3H;1H3;1H4;/q;;;;;;-1;;+1. The van der Waals surface area contributed by atoms with Gasteiger partial charge in [-0.2, -0.15) is 22.4 Å². The third-order valence-electron chi connectivity index (χ3n) is 9.78. The van der Waals surface area contributed by atoms with Gasteiger partial charge in [0.1, 0.15) is 5.15 Å². The quantitative estimate of drug-likeness (QED) is 0.126. The topological polar surface area (TPSA) is 207 Å². The number of nitrogens with zero attached hydrogens (tertiary/aromatic N) is 10. The molecule has 8 aromatic heterocycles. The molecule has 1 saturated heterocycles. The molecule has 9 heterocycles. The molecule has 18 nitrogen and oxygen atoms in total. The van der Waals surface area contributed by atoms with Crippen LogP contribution in [0.15, 0.2) is 120 Å². The van der Waals surface area contributed by atoms with Crippen molar-refractivity contribution in [2.75, 3.05) is 28.4 Å². The summed E-state index contributed by atoms with van der Waals surface area (Å²) in [6.45, 7) is 8.18. The summed E-state index contributed by atoms with van der Waals surface area (Å²) < 4.78 is 32.3. The van der Waals surface area contributed by atoms with Gasteiger partial charge in [-0.05, 0) is 61.8 Å². The fourth-order valence-corrected chi connectivity index (χ4v) is 6.86. The number of hydrogen-bond donors (Lipinski definition) is 1. The van der Waals surface area contributed by atoms with Gasteiger partial charge in [0.25, 0.3) is 0 Å². The van der Waals surface area contributed by atoms with Crippen LogP contribution >= 0.6 is 85.5 Å². The first kappa shape index (κ1) is 68.8. The second-order valence-corrected chi connectivity index (χ2v) is 18.9. The van der Waals surface area contributed by atoms with Crippen LogP contribution in [0.5, 0.6) is 17.6 Å². The summed E-state index contributed by atoms with van der Waals surface area (Å²) in [5, 5.41) is 23.8. The summed E-state index contributed by atoms with van der Waals surface area (Å²) in [4.78, 5) is 29.1. The number of rotatable bonds is 6. The van der Waals surface area contributed by atoms with Gasteiger partial charge >= 0.3 is 36.7 Å². The number of ether oxygens (including phenoxy) is 3. The van der Waals surface area contributed by atoms with Crippen LogP contribution in [0.1, 0.15) is 35.1 Å². The normalized spacial score (nSPS) is 12.1. The number of aromatic nitrogens is 11. The molecule has 0 aliphatic carbocycles. The molecule has 9 rings (SSSR count). The molecule has 0 radical (unpaired) electrons. The third kappa shape index (κ3) is 22.7. The van der Waals surface area contributed by atoms with Gasteiger partial charge in [0, 0.05) is 139 Å². The monoisotopic (exact) mass is 1220 g/mol. The van der Waals surface area contributed by atoms with E-state index in [1.165, 1.54) is 6.07 Å². The largest absolute Gasteiger partial charge is 1.00 e. The van der Waals surface area contributed by atoms with Crippen molar-refractivity contribution in [1.82, 2.24) is 54.3 Å². The number of hydrogen-bond acceptors (Lipinski definition) is 14. The second kappa shape index (κ2) is 33.8. The van der Waals surface area contributed by atoms with Crippen LogP contribution in [0.25, 0.3) is 22.3 Å². The van der Waals surface area contributed by atoms with Gasteiger partial charge < -0.3 is 33.6 Å². The van der Waals surface area contributed by atoms with Gasteiger partial charge in [0.15, 0.2) is 0 Å². The summed E-state index contributed by atoms with van der Waals surface area (Å²) in [5.41, 5.74) is 3.65. The van der Waals surface area contributed by atoms with Crippen molar-refractivity contribution in [2.24, 2.45) is 21.1 Å². The maximum atomic E-state index is 10.9. The van der Waals surface area contributed by atoms with Gasteiger partial charge in [-0.25, -0.2) is 19.9 Å². The summed E-state index contributed by atoms with van der Waals surface area (Å²) in [5.74, 6) is 1.57. The average molecular weight is 1230 g/mol. The first-order chi connectivity index (χ1) is 34.5. The van der Waals surface area contributed by atoms with E-state index in [2.05, 4.69) is 56.1 Å². The molecule has 0 bridgehead atoms. The van der Waals surface area contributed by atoms with Gasteiger partial charge in [-0.1, -0.05) is 77.0 Å². The van der Waals surface area contributed by atoms with Crippen LogP contribution in [0.3, 0.4) is 0 Å². The summed E-state index contributed by atoms with van der Waals surface area (Å²) in [6, 6.07) is 11.3. The van der Waals surface area contributed by atoms with Crippen LogP contribution in [-0.2, 0) is 30.5 Å². The number of pyridine rings is 5. The van der Waals surface area contributed by atoms with Crippen molar-refractivity contribution in [3.8, 4) is 39.9 Å². The molecule has 1 N–H and O–H groups in total. The zero-order valence-electron chi connectivity index (χ0n) is 42.4. The van der Waals surface area contributed by atoms with Crippen molar-refractivity contribution < 1.29 is 58.2 Å². The van der Waals surface area contributed by atoms with E-state index in [1.54, 1.807) is 121 Å². The molecule has 0 spiro atoms.